The minimum atomic E-state index is 1.01. The van der Waals surface area contributed by atoms with Crippen molar-refractivity contribution in [2.45, 2.75) is 32.6 Å². The Morgan fingerprint density at radius 3 is 2.91 bits per heavy atom. The van der Waals surface area contributed by atoms with E-state index in [4.69, 9.17) is 0 Å². The Bertz CT molecular complexity index is 184. The predicted octanol–water partition coefficient (Wildman–Crippen LogP) is 2.57. The smallest absolute Gasteiger partial charge is 0.211 e. The van der Waals surface area contributed by atoms with Crippen LogP contribution in [0.4, 0.5) is 0 Å². The molecule has 0 rings (SSSR count). The first-order chi connectivity index (χ1) is 5.41. The molecule has 0 aromatic heterocycles. The highest BCUT2D eigenvalue weighted by molar-refractivity contribution is 5.34. The molecule has 2 heteroatoms. The van der Waals surface area contributed by atoms with E-state index in [9.17, 15) is 4.79 Å². The molecular formula is C9H13NO. The van der Waals surface area contributed by atoms with Crippen molar-refractivity contribution in [1.29, 1.82) is 0 Å². The van der Waals surface area contributed by atoms with Crippen LogP contribution in [-0.4, -0.2) is 6.08 Å². The fourth-order valence-electron chi connectivity index (χ4n) is 0.696. The molecule has 11 heavy (non-hydrogen) atoms. The average molecular weight is 151 g/mol. The first-order valence-corrected chi connectivity index (χ1v) is 3.88. The van der Waals surface area contributed by atoms with Crippen molar-refractivity contribution in [3.8, 4) is 0 Å². The largest absolute Gasteiger partial charge is 0.240 e. The molecule has 0 aliphatic rings. The Morgan fingerprint density at radius 2 is 2.27 bits per heavy atom. The van der Waals surface area contributed by atoms with Crippen LogP contribution in [0.15, 0.2) is 23.0 Å². The van der Waals surface area contributed by atoms with Crippen LogP contribution < -0.4 is 0 Å². The van der Waals surface area contributed by atoms with Crippen LogP contribution >= 0.6 is 0 Å². The summed E-state index contributed by atoms with van der Waals surface area (Å²) in [5.41, 5.74) is 2.77. The topological polar surface area (TPSA) is 29.4 Å². The average Bonchev–Trinajstić information content (AvgIpc) is 2.03. The van der Waals surface area contributed by atoms with Gasteiger partial charge in [0.25, 0.3) is 0 Å². The van der Waals surface area contributed by atoms with Gasteiger partial charge in [0.05, 0.1) is 6.20 Å². The second-order valence-electron chi connectivity index (χ2n) is 2.22. The zero-order valence-electron chi connectivity index (χ0n) is 6.84. The molecule has 0 aliphatic heterocycles. The minimum absolute atomic E-state index is 1.01. The van der Waals surface area contributed by atoms with Gasteiger partial charge in [0.15, 0.2) is 0 Å². The predicted molar refractivity (Wildman–Crippen MR) is 44.9 cm³/mol. The number of rotatable bonds is 5. The second-order valence-corrected chi connectivity index (χ2v) is 2.22. The van der Waals surface area contributed by atoms with Crippen molar-refractivity contribution < 1.29 is 4.79 Å². The molecular weight excluding hydrogens is 138 g/mol. The van der Waals surface area contributed by atoms with Crippen molar-refractivity contribution in [3.05, 3.63) is 18.0 Å². The third kappa shape index (κ3) is 8.90. The van der Waals surface area contributed by atoms with Crippen LogP contribution in [0.5, 0.6) is 0 Å². The number of allylic oxidation sites excluding steroid dienone is 1. The van der Waals surface area contributed by atoms with Crippen molar-refractivity contribution in [2.75, 3.05) is 0 Å². The highest BCUT2D eigenvalue weighted by Crippen LogP contribution is 1.98. The van der Waals surface area contributed by atoms with Crippen molar-refractivity contribution in [1.82, 2.24) is 0 Å². The van der Waals surface area contributed by atoms with Gasteiger partial charge in [0.1, 0.15) is 0 Å². The number of isocyanates is 1. The lowest BCUT2D eigenvalue weighted by Gasteiger charge is -1.87. The molecule has 2 nitrogen and oxygen atoms in total. The maximum absolute atomic E-state index is 9.56. The van der Waals surface area contributed by atoms with E-state index in [-0.39, 0.29) is 0 Å². The van der Waals surface area contributed by atoms with Gasteiger partial charge in [0.2, 0.25) is 6.08 Å². The van der Waals surface area contributed by atoms with Gasteiger partial charge < -0.3 is 0 Å². The SMILES string of the molecule is CCCCCC=C=CN=C=O. The van der Waals surface area contributed by atoms with E-state index in [0.29, 0.717) is 0 Å². The van der Waals surface area contributed by atoms with E-state index in [1.165, 1.54) is 31.5 Å². The number of unbranched alkanes of at least 4 members (excludes halogenated alkanes) is 3. The summed E-state index contributed by atoms with van der Waals surface area (Å²) in [5, 5.41) is 0. The monoisotopic (exact) mass is 151 g/mol. The molecule has 0 fully saturated rings. The lowest BCUT2D eigenvalue weighted by molar-refractivity contribution is 0.565. The third-order valence-corrected chi connectivity index (χ3v) is 1.26. The molecule has 0 saturated carbocycles. The standard InChI is InChI=1S/C9H13NO/c1-2-3-4-5-6-7-8-10-9-11/h6,8H,2-5H2,1H3. The molecule has 0 saturated heterocycles. The Morgan fingerprint density at radius 1 is 1.45 bits per heavy atom. The fourth-order valence-corrected chi connectivity index (χ4v) is 0.696. The quantitative estimate of drug-likeness (QED) is 0.257. The third-order valence-electron chi connectivity index (χ3n) is 1.26. The number of hydrogen-bond donors (Lipinski definition) is 0. The minimum Gasteiger partial charge on any atom is -0.211 e. The maximum Gasteiger partial charge on any atom is 0.240 e. The highest BCUT2D eigenvalue weighted by atomic mass is 16.1. The molecule has 0 aromatic rings. The van der Waals surface area contributed by atoms with Gasteiger partial charge in [-0.15, -0.1) is 5.73 Å². The summed E-state index contributed by atoms with van der Waals surface area (Å²) in [7, 11) is 0. The summed E-state index contributed by atoms with van der Waals surface area (Å²) in [4.78, 5) is 12.8. The van der Waals surface area contributed by atoms with Crippen LogP contribution in [0.25, 0.3) is 0 Å². The number of carbonyl (C=O) groups excluding carboxylic acids is 1. The van der Waals surface area contributed by atoms with E-state index in [2.05, 4.69) is 17.6 Å². The summed E-state index contributed by atoms with van der Waals surface area (Å²) >= 11 is 0. The zero-order chi connectivity index (χ0) is 8.36. The van der Waals surface area contributed by atoms with Crippen LogP contribution in [0.1, 0.15) is 32.6 Å². The first kappa shape index (κ1) is 9.90. The highest BCUT2D eigenvalue weighted by Gasteiger charge is 1.78. The molecule has 60 valence electrons. The number of aliphatic imine (C=N–C) groups is 1. The molecule has 0 amide bonds. The van der Waals surface area contributed by atoms with E-state index in [1.54, 1.807) is 0 Å². The summed E-state index contributed by atoms with van der Waals surface area (Å²) < 4.78 is 0. The van der Waals surface area contributed by atoms with E-state index >= 15 is 0 Å². The molecule has 0 spiro atoms. The molecule has 0 unspecified atom stereocenters. The fraction of sp³-hybridized carbons (Fsp3) is 0.556. The Kier molecular flexibility index (Phi) is 8.01. The molecule has 0 bridgehead atoms. The van der Waals surface area contributed by atoms with Crippen LogP contribution in [0.2, 0.25) is 0 Å². The van der Waals surface area contributed by atoms with Crippen LogP contribution in [0, 0.1) is 0 Å². The maximum atomic E-state index is 9.56. The normalized spacial score (nSPS) is 7.73. The van der Waals surface area contributed by atoms with E-state index < -0.39 is 0 Å². The Hall–Kier alpha value is -1.10. The van der Waals surface area contributed by atoms with E-state index in [1.807, 2.05) is 6.08 Å². The molecule has 0 N–H and O–H groups in total. The second kappa shape index (κ2) is 8.90. The van der Waals surface area contributed by atoms with E-state index in [0.717, 1.165) is 6.42 Å². The summed E-state index contributed by atoms with van der Waals surface area (Å²) in [5.74, 6) is 0. The Balaban J connectivity index is 3.36. The summed E-state index contributed by atoms with van der Waals surface area (Å²) in [6.07, 6.45) is 9.29. The van der Waals surface area contributed by atoms with Crippen LogP contribution in [0.3, 0.4) is 0 Å². The van der Waals surface area contributed by atoms with Gasteiger partial charge in [-0.25, -0.2) is 4.79 Å². The van der Waals surface area contributed by atoms with Crippen molar-refractivity contribution in [3.63, 3.8) is 0 Å². The van der Waals surface area contributed by atoms with Gasteiger partial charge in [0, 0.05) is 0 Å². The van der Waals surface area contributed by atoms with Crippen molar-refractivity contribution >= 4 is 6.08 Å². The number of hydrogen-bond acceptors (Lipinski definition) is 2. The van der Waals surface area contributed by atoms with Gasteiger partial charge in [-0.3, -0.25) is 0 Å². The molecule has 0 heterocycles. The summed E-state index contributed by atoms with van der Waals surface area (Å²) in [6.45, 7) is 2.16. The zero-order valence-corrected chi connectivity index (χ0v) is 6.84. The molecule has 0 radical (unpaired) electrons. The first-order valence-electron chi connectivity index (χ1n) is 3.88. The van der Waals surface area contributed by atoms with Gasteiger partial charge >= 0.3 is 0 Å². The van der Waals surface area contributed by atoms with Gasteiger partial charge in [-0.05, 0) is 18.9 Å². The van der Waals surface area contributed by atoms with Gasteiger partial charge in [-0.2, -0.15) is 4.99 Å². The lowest BCUT2D eigenvalue weighted by Crippen LogP contribution is -1.68. The molecule has 0 aromatic carbocycles. The number of nitrogens with zero attached hydrogens (tertiary/aromatic N) is 1. The van der Waals surface area contributed by atoms with Gasteiger partial charge in [-0.1, -0.05) is 19.8 Å². The Labute approximate surface area is 67.3 Å². The molecule has 0 aliphatic carbocycles. The molecule has 0 atom stereocenters. The van der Waals surface area contributed by atoms with Crippen molar-refractivity contribution in [2.24, 2.45) is 4.99 Å². The summed E-state index contributed by atoms with van der Waals surface area (Å²) in [6, 6.07) is 0. The van der Waals surface area contributed by atoms with Crippen LogP contribution in [-0.2, 0) is 4.79 Å². The lowest BCUT2D eigenvalue weighted by atomic mass is 10.2.